The van der Waals surface area contributed by atoms with Crippen LogP contribution in [0.25, 0.3) is 10.9 Å². The predicted molar refractivity (Wildman–Crippen MR) is 112 cm³/mol. The molecule has 0 aliphatic heterocycles. The maximum Gasteiger partial charge on any atom is 0.146 e. The van der Waals surface area contributed by atoms with E-state index in [-0.39, 0.29) is 11.5 Å². The van der Waals surface area contributed by atoms with Gasteiger partial charge in [-0.15, -0.1) is 0 Å². The van der Waals surface area contributed by atoms with Crippen LogP contribution in [0.3, 0.4) is 0 Å². The quantitative estimate of drug-likeness (QED) is 0.472. The number of fused-ring (bicyclic) bond motifs is 1. The summed E-state index contributed by atoms with van der Waals surface area (Å²) in [5, 5.41) is 25.8. The second kappa shape index (κ2) is 8.52. The maximum absolute atomic E-state index is 8.81. The number of allylic oxidation sites excluding steroid dienone is 1. The van der Waals surface area contributed by atoms with Gasteiger partial charge in [-0.25, -0.2) is 4.99 Å². The molecule has 0 amide bonds. The molecule has 28 heavy (non-hydrogen) atoms. The third kappa shape index (κ3) is 4.74. The molecular formula is C22H18N6. The van der Waals surface area contributed by atoms with Gasteiger partial charge in [0.1, 0.15) is 11.7 Å². The summed E-state index contributed by atoms with van der Waals surface area (Å²) in [6.07, 6.45) is 5.09. The second-order valence-corrected chi connectivity index (χ2v) is 6.13. The molecule has 0 unspecified atom stereocenters. The molecule has 0 spiro atoms. The Morgan fingerprint density at radius 3 is 2.64 bits per heavy atom. The number of nitrogens with zero attached hydrogens (tertiary/aromatic N) is 3. The number of benzene rings is 2. The maximum atomic E-state index is 8.81. The van der Waals surface area contributed by atoms with E-state index in [0.29, 0.717) is 23.4 Å². The molecule has 0 saturated carbocycles. The molecule has 2 aromatic carbocycles. The summed E-state index contributed by atoms with van der Waals surface area (Å²) in [6, 6.07) is 18.5. The molecular weight excluding hydrogens is 348 g/mol. The zero-order chi connectivity index (χ0) is 19.9. The number of pyridine rings is 1. The predicted octanol–water partition coefficient (Wildman–Crippen LogP) is 3.61. The number of amidine groups is 2. The Bertz CT molecular complexity index is 1130. The fourth-order valence-corrected chi connectivity index (χ4v) is 2.66. The topological polar surface area (TPSA) is 123 Å². The van der Waals surface area contributed by atoms with Crippen LogP contribution in [0, 0.1) is 22.1 Å². The highest BCUT2D eigenvalue weighted by Gasteiger charge is 2.02. The highest BCUT2D eigenvalue weighted by atomic mass is 14.9. The standard InChI is InChI=1S/C22H18N6/c23-14-15-3-6-17(7-4-15)19(24)8-10-21(25)28-22(26)13-16-5-9-20-18(12-16)2-1-11-27-20/h1-12,24H,13H2,(H3,25,26,28)/b10-8-,24-19?. The van der Waals surface area contributed by atoms with Crippen molar-refractivity contribution in [2.45, 2.75) is 6.42 Å². The van der Waals surface area contributed by atoms with Gasteiger partial charge < -0.3 is 11.1 Å². The average Bonchev–Trinajstić information content (AvgIpc) is 2.72. The van der Waals surface area contributed by atoms with Crippen molar-refractivity contribution in [3.05, 3.63) is 89.6 Å². The number of nitriles is 1. The molecule has 0 aliphatic rings. The minimum atomic E-state index is -0.0293. The van der Waals surface area contributed by atoms with E-state index < -0.39 is 0 Å². The minimum absolute atomic E-state index is 0.0293. The van der Waals surface area contributed by atoms with Crippen LogP contribution in [0.2, 0.25) is 0 Å². The van der Waals surface area contributed by atoms with E-state index in [4.69, 9.17) is 21.8 Å². The Kier molecular flexibility index (Phi) is 5.68. The zero-order valence-corrected chi connectivity index (χ0v) is 15.1. The van der Waals surface area contributed by atoms with Crippen LogP contribution in [-0.4, -0.2) is 22.4 Å². The van der Waals surface area contributed by atoms with E-state index >= 15 is 0 Å². The van der Waals surface area contributed by atoms with Crippen LogP contribution >= 0.6 is 0 Å². The lowest BCUT2D eigenvalue weighted by Gasteiger charge is -2.03. The van der Waals surface area contributed by atoms with Crippen molar-refractivity contribution < 1.29 is 0 Å². The molecule has 1 aromatic heterocycles. The minimum Gasteiger partial charge on any atom is -0.387 e. The monoisotopic (exact) mass is 366 g/mol. The largest absolute Gasteiger partial charge is 0.387 e. The number of nitrogens with two attached hydrogens (primary N) is 1. The van der Waals surface area contributed by atoms with Crippen LogP contribution in [0.1, 0.15) is 16.7 Å². The van der Waals surface area contributed by atoms with Crippen LogP contribution in [-0.2, 0) is 6.42 Å². The summed E-state index contributed by atoms with van der Waals surface area (Å²) in [5.74, 6) is 0.293. The first-order valence-corrected chi connectivity index (χ1v) is 8.57. The van der Waals surface area contributed by atoms with E-state index in [1.807, 2.05) is 36.4 Å². The molecule has 0 atom stereocenters. The van der Waals surface area contributed by atoms with Gasteiger partial charge in [0.2, 0.25) is 0 Å². The van der Waals surface area contributed by atoms with Crippen molar-refractivity contribution >= 4 is 28.3 Å². The number of nitrogens with one attached hydrogen (secondary N) is 2. The van der Waals surface area contributed by atoms with E-state index in [2.05, 4.69) is 9.98 Å². The first-order chi connectivity index (χ1) is 13.5. The number of hydrogen-bond acceptors (Lipinski definition) is 4. The Morgan fingerprint density at radius 1 is 1.11 bits per heavy atom. The molecule has 136 valence electrons. The van der Waals surface area contributed by atoms with Crippen LogP contribution in [0.5, 0.6) is 0 Å². The van der Waals surface area contributed by atoms with Crippen LogP contribution < -0.4 is 5.73 Å². The highest BCUT2D eigenvalue weighted by molar-refractivity contribution is 6.11. The van der Waals surface area contributed by atoms with Crippen molar-refractivity contribution in [3.8, 4) is 6.07 Å². The first-order valence-electron chi connectivity index (χ1n) is 8.57. The average molecular weight is 366 g/mol. The fraction of sp³-hybridized carbons (Fsp3) is 0.0455. The third-order valence-electron chi connectivity index (χ3n) is 4.05. The van der Waals surface area contributed by atoms with Gasteiger partial charge in [-0.1, -0.05) is 24.3 Å². The van der Waals surface area contributed by atoms with Crippen LogP contribution in [0.4, 0.5) is 0 Å². The Hall–Kier alpha value is -4.11. The third-order valence-corrected chi connectivity index (χ3v) is 4.05. The van der Waals surface area contributed by atoms with Crippen LogP contribution in [0.15, 0.2) is 77.9 Å². The summed E-state index contributed by atoms with van der Waals surface area (Å²) in [5.41, 5.74) is 9.30. The van der Waals surface area contributed by atoms with Gasteiger partial charge in [0.15, 0.2) is 0 Å². The van der Waals surface area contributed by atoms with Gasteiger partial charge in [-0.2, -0.15) is 5.26 Å². The molecule has 0 saturated heterocycles. The molecule has 1 heterocycles. The van der Waals surface area contributed by atoms with Gasteiger partial charge in [0.05, 0.1) is 22.9 Å². The van der Waals surface area contributed by atoms with E-state index in [9.17, 15) is 0 Å². The molecule has 4 N–H and O–H groups in total. The Labute approximate surface area is 162 Å². The summed E-state index contributed by atoms with van der Waals surface area (Å²) >= 11 is 0. The molecule has 0 aliphatic carbocycles. The van der Waals surface area contributed by atoms with E-state index in [0.717, 1.165) is 16.5 Å². The van der Waals surface area contributed by atoms with E-state index in [1.165, 1.54) is 12.2 Å². The lowest BCUT2D eigenvalue weighted by atomic mass is 10.1. The molecule has 0 bridgehead atoms. The summed E-state index contributed by atoms with van der Waals surface area (Å²) in [7, 11) is 0. The number of hydrogen-bond donors (Lipinski definition) is 3. The van der Waals surface area contributed by atoms with Gasteiger partial charge in [0, 0.05) is 18.0 Å². The number of rotatable bonds is 5. The summed E-state index contributed by atoms with van der Waals surface area (Å²) in [6.45, 7) is 0. The molecule has 0 radical (unpaired) electrons. The normalized spacial score (nSPS) is 11.5. The van der Waals surface area contributed by atoms with Crippen molar-refractivity contribution in [2.75, 3.05) is 0 Å². The van der Waals surface area contributed by atoms with Crippen molar-refractivity contribution in [2.24, 2.45) is 10.7 Å². The smallest absolute Gasteiger partial charge is 0.146 e. The van der Waals surface area contributed by atoms with Gasteiger partial charge >= 0.3 is 0 Å². The lowest BCUT2D eigenvalue weighted by Crippen LogP contribution is -2.16. The van der Waals surface area contributed by atoms with Crippen molar-refractivity contribution in [1.29, 1.82) is 16.1 Å². The SMILES string of the molecule is N#Cc1ccc(C(=N)/C=C\C(=N)N=C(N)Cc2ccc3ncccc3c2)cc1. The number of aliphatic imine (C=N–C) groups is 1. The highest BCUT2D eigenvalue weighted by Crippen LogP contribution is 2.13. The number of aromatic nitrogens is 1. The zero-order valence-electron chi connectivity index (χ0n) is 15.1. The molecule has 6 nitrogen and oxygen atoms in total. The van der Waals surface area contributed by atoms with Crippen molar-refractivity contribution in [1.82, 2.24) is 4.98 Å². The molecule has 6 heteroatoms. The van der Waals surface area contributed by atoms with E-state index in [1.54, 1.807) is 30.5 Å². The van der Waals surface area contributed by atoms with Gasteiger partial charge in [0.25, 0.3) is 0 Å². The first kappa shape index (κ1) is 18.7. The Balaban J connectivity index is 1.64. The van der Waals surface area contributed by atoms with Gasteiger partial charge in [-0.3, -0.25) is 10.4 Å². The van der Waals surface area contributed by atoms with Crippen molar-refractivity contribution in [3.63, 3.8) is 0 Å². The van der Waals surface area contributed by atoms with Gasteiger partial charge in [-0.05, 0) is 53.6 Å². The Morgan fingerprint density at radius 2 is 1.89 bits per heavy atom. The fourth-order valence-electron chi connectivity index (χ4n) is 2.66. The second-order valence-electron chi connectivity index (χ2n) is 6.13. The summed E-state index contributed by atoms with van der Waals surface area (Å²) < 4.78 is 0. The molecule has 3 aromatic rings. The summed E-state index contributed by atoms with van der Waals surface area (Å²) in [4.78, 5) is 8.37. The molecule has 3 rings (SSSR count). The molecule has 0 fully saturated rings. The lowest BCUT2D eigenvalue weighted by molar-refractivity contribution is 1.28.